The Morgan fingerprint density at radius 2 is 2.04 bits per heavy atom. The number of halogens is 1. The van der Waals surface area contributed by atoms with Crippen molar-refractivity contribution in [2.24, 2.45) is 4.99 Å². The fourth-order valence-electron chi connectivity index (χ4n) is 3.43. The molecular weight excluding hydrogens is 473 g/mol. The Morgan fingerprint density at radius 1 is 1.22 bits per heavy atom. The number of nitrogens with one attached hydrogen (secondary N) is 2. The third-order valence-electron chi connectivity index (χ3n) is 4.88. The molecule has 27 heavy (non-hydrogen) atoms. The van der Waals surface area contributed by atoms with Crippen LogP contribution in [-0.4, -0.2) is 68.3 Å². The number of ether oxygens (including phenoxy) is 1. The Hall–Kier alpha value is -0.450. The minimum atomic E-state index is 0. The van der Waals surface area contributed by atoms with E-state index in [9.17, 15) is 0 Å². The summed E-state index contributed by atoms with van der Waals surface area (Å²) in [7, 11) is 0. The van der Waals surface area contributed by atoms with E-state index >= 15 is 0 Å². The maximum absolute atomic E-state index is 5.39. The first kappa shape index (κ1) is 22.8. The van der Waals surface area contributed by atoms with E-state index in [1.807, 2.05) is 11.3 Å². The molecule has 0 bridgehead atoms. The predicted molar refractivity (Wildman–Crippen MR) is 124 cm³/mol. The van der Waals surface area contributed by atoms with Gasteiger partial charge in [-0.3, -0.25) is 9.89 Å². The van der Waals surface area contributed by atoms with Crippen LogP contribution in [0.3, 0.4) is 0 Å². The summed E-state index contributed by atoms with van der Waals surface area (Å²) in [5.41, 5.74) is 1.37. The SMILES string of the molecule is CCNC(=NCCCc1nc2c(s1)CCCC2)NCCN1CCOCC1.I. The molecule has 0 aromatic carbocycles. The zero-order chi connectivity index (χ0) is 18.0. The molecule has 2 N–H and O–H groups in total. The van der Waals surface area contributed by atoms with Crippen molar-refractivity contribution >= 4 is 41.3 Å². The largest absolute Gasteiger partial charge is 0.379 e. The molecule has 0 amide bonds. The number of hydrogen-bond donors (Lipinski definition) is 2. The molecule has 2 heterocycles. The van der Waals surface area contributed by atoms with Crippen LogP contribution in [0.25, 0.3) is 0 Å². The van der Waals surface area contributed by atoms with Crippen LogP contribution in [0.5, 0.6) is 0 Å². The lowest BCUT2D eigenvalue weighted by Crippen LogP contribution is -2.44. The molecule has 0 atom stereocenters. The van der Waals surface area contributed by atoms with Crippen molar-refractivity contribution in [2.45, 2.75) is 45.4 Å². The predicted octanol–water partition coefficient (Wildman–Crippen LogP) is 2.46. The number of hydrogen-bond acceptors (Lipinski definition) is 5. The normalized spacial score (nSPS) is 17.9. The minimum Gasteiger partial charge on any atom is -0.379 e. The average Bonchev–Trinajstić information content (AvgIpc) is 3.09. The monoisotopic (exact) mass is 507 g/mol. The third kappa shape index (κ3) is 7.83. The summed E-state index contributed by atoms with van der Waals surface area (Å²) in [6.07, 6.45) is 7.18. The van der Waals surface area contributed by atoms with E-state index in [4.69, 9.17) is 14.7 Å². The molecule has 1 aliphatic carbocycles. The topological polar surface area (TPSA) is 61.8 Å². The van der Waals surface area contributed by atoms with E-state index in [1.165, 1.54) is 41.3 Å². The van der Waals surface area contributed by atoms with E-state index in [-0.39, 0.29) is 24.0 Å². The lowest BCUT2D eigenvalue weighted by Gasteiger charge is -2.26. The molecule has 0 unspecified atom stereocenters. The van der Waals surface area contributed by atoms with E-state index < -0.39 is 0 Å². The molecule has 2 aliphatic rings. The van der Waals surface area contributed by atoms with Crippen molar-refractivity contribution in [3.8, 4) is 0 Å². The molecule has 1 aromatic rings. The van der Waals surface area contributed by atoms with Crippen molar-refractivity contribution in [3.63, 3.8) is 0 Å². The van der Waals surface area contributed by atoms with E-state index in [2.05, 4.69) is 22.5 Å². The van der Waals surface area contributed by atoms with Crippen LogP contribution in [0.4, 0.5) is 0 Å². The van der Waals surface area contributed by atoms with Crippen molar-refractivity contribution < 1.29 is 4.74 Å². The van der Waals surface area contributed by atoms with Gasteiger partial charge in [-0.2, -0.15) is 0 Å². The van der Waals surface area contributed by atoms with E-state index in [0.29, 0.717) is 0 Å². The number of nitrogens with zero attached hydrogens (tertiary/aromatic N) is 3. The van der Waals surface area contributed by atoms with Gasteiger partial charge in [-0.05, 0) is 39.0 Å². The quantitative estimate of drug-likeness (QED) is 0.245. The van der Waals surface area contributed by atoms with Gasteiger partial charge in [0.1, 0.15) is 0 Å². The molecule has 1 fully saturated rings. The van der Waals surface area contributed by atoms with Gasteiger partial charge >= 0.3 is 0 Å². The second kappa shape index (κ2) is 12.9. The summed E-state index contributed by atoms with van der Waals surface area (Å²) < 4.78 is 5.39. The molecule has 0 radical (unpaired) electrons. The number of aryl methyl sites for hydroxylation is 3. The van der Waals surface area contributed by atoms with Crippen molar-refractivity contribution in [3.05, 3.63) is 15.6 Å². The summed E-state index contributed by atoms with van der Waals surface area (Å²) in [5.74, 6) is 0.930. The lowest BCUT2D eigenvalue weighted by atomic mass is 10.0. The molecule has 6 nitrogen and oxygen atoms in total. The molecule has 154 valence electrons. The number of morpholine rings is 1. The van der Waals surface area contributed by atoms with E-state index in [1.54, 1.807) is 0 Å². The van der Waals surface area contributed by atoms with E-state index in [0.717, 1.165) is 71.3 Å². The second-order valence-corrected chi connectivity index (χ2v) is 8.10. The zero-order valence-corrected chi connectivity index (χ0v) is 19.6. The summed E-state index contributed by atoms with van der Waals surface area (Å²) in [4.78, 5) is 13.5. The number of rotatable bonds is 8. The van der Waals surface area contributed by atoms with Gasteiger partial charge < -0.3 is 15.4 Å². The van der Waals surface area contributed by atoms with Crippen molar-refractivity contribution in [1.29, 1.82) is 0 Å². The van der Waals surface area contributed by atoms with Crippen LogP contribution in [0.1, 0.15) is 41.8 Å². The molecule has 0 saturated carbocycles. The lowest BCUT2D eigenvalue weighted by molar-refractivity contribution is 0.0389. The first-order chi connectivity index (χ1) is 12.8. The molecule has 8 heteroatoms. The zero-order valence-electron chi connectivity index (χ0n) is 16.5. The average molecular weight is 507 g/mol. The number of guanidine groups is 1. The third-order valence-corrected chi connectivity index (χ3v) is 6.09. The van der Waals surface area contributed by atoms with Gasteiger partial charge in [-0.1, -0.05) is 0 Å². The Kier molecular flexibility index (Phi) is 10.9. The smallest absolute Gasteiger partial charge is 0.191 e. The fraction of sp³-hybridized carbons (Fsp3) is 0.789. The van der Waals surface area contributed by atoms with Gasteiger partial charge in [0, 0.05) is 50.6 Å². The minimum absolute atomic E-state index is 0. The number of aromatic nitrogens is 1. The van der Waals surface area contributed by atoms with Crippen LogP contribution >= 0.6 is 35.3 Å². The standard InChI is InChI=1S/C19H33N5OS.HI/c1-2-20-19(22-10-11-24-12-14-25-15-13-24)21-9-5-8-18-23-16-6-3-4-7-17(16)26-18;/h2-15H2,1H3,(H2,20,21,22);1H. The van der Waals surface area contributed by atoms with Crippen molar-refractivity contribution in [2.75, 3.05) is 52.5 Å². The molecule has 1 aliphatic heterocycles. The van der Waals surface area contributed by atoms with Gasteiger partial charge in [0.2, 0.25) is 0 Å². The van der Waals surface area contributed by atoms with Gasteiger partial charge in [0.05, 0.1) is 23.9 Å². The number of fused-ring (bicyclic) bond motifs is 1. The molecule has 1 aromatic heterocycles. The van der Waals surface area contributed by atoms with Crippen LogP contribution in [0.15, 0.2) is 4.99 Å². The van der Waals surface area contributed by atoms with Gasteiger partial charge in [0.15, 0.2) is 5.96 Å². The maximum atomic E-state index is 5.39. The Morgan fingerprint density at radius 3 is 2.81 bits per heavy atom. The van der Waals surface area contributed by atoms with Gasteiger partial charge in [0.25, 0.3) is 0 Å². The first-order valence-electron chi connectivity index (χ1n) is 10.1. The van der Waals surface area contributed by atoms with Crippen LogP contribution < -0.4 is 10.6 Å². The van der Waals surface area contributed by atoms with Crippen LogP contribution in [0.2, 0.25) is 0 Å². The number of aliphatic imine (C=N–C) groups is 1. The molecule has 0 spiro atoms. The highest BCUT2D eigenvalue weighted by molar-refractivity contribution is 14.0. The first-order valence-corrected chi connectivity index (χ1v) is 11.0. The fourth-order valence-corrected chi connectivity index (χ4v) is 4.63. The van der Waals surface area contributed by atoms with Crippen molar-refractivity contribution in [1.82, 2.24) is 20.5 Å². The summed E-state index contributed by atoms with van der Waals surface area (Å²) in [5, 5.41) is 8.09. The summed E-state index contributed by atoms with van der Waals surface area (Å²) in [6.45, 7) is 9.59. The highest BCUT2D eigenvalue weighted by atomic mass is 127. The Balaban J connectivity index is 0.00000261. The Labute approximate surface area is 184 Å². The molecule has 1 saturated heterocycles. The highest BCUT2D eigenvalue weighted by Crippen LogP contribution is 2.27. The number of thiazole rings is 1. The van der Waals surface area contributed by atoms with Gasteiger partial charge in [-0.15, -0.1) is 35.3 Å². The Bertz CT molecular complexity index is 551. The second-order valence-electron chi connectivity index (χ2n) is 6.93. The van der Waals surface area contributed by atoms with Gasteiger partial charge in [-0.25, -0.2) is 4.98 Å². The van der Waals surface area contributed by atoms with Crippen LogP contribution in [0, 0.1) is 0 Å². The van der Waals surface area contributed by atoms with Crippen LogP contribution in [-0.2, 0) is 24.0 Å². The molecular formula is C19H34IN5OS. The highest BCUT2D eigenvalue weighted by Gasteiger charge is 2.14. The summed E-state index contributed by atoms with van der Waals surface area (Å²) in [6, 6.07) is 0. The molecule has 3 rings (SSSR count). The maximum Gasteiger partial charge on any atom is 0.191 e. The summed E-state index contributed by atoms with van der Waals surface area (Å²) >= 11 is 1.93.